The van der Waals surface area contributed by atoms with Gasteiger partial charge in [-0.25, -0.2) is 15.0 Å². The fraction of sp³-hybridized carbons (Fsp3) is 0. The number of nitrogens with one attached hydrogen (secondary N) is 1. The third-order valence-corrected chi connectivity index (χ3v) is 1.25. The topological polar surface area (TPSA) is 115 Å². The summed E-state index contributed by atoms with van der Waals surface area (Å²) in [6.45, 7) is 0. The van der Waals surface area contributed by atoms with Gasteiger partial charge in [-0.1, -0.05) is 0 Å². The molecule has 2 aromatic rings. The summed E-state index contributed by atoms with van der Waals surface area (Å²) >= 11 is 0. The number of H-pyrrole nitrogens is 1. The second-order valence-electron chi connectivity index (χ2n) is 1.86. The lowest BCUT2D eigenvalue weighted by molar-refractivity contribution is 1.21. The van der Waals surface area contributed by atoms with Crippen LogP contribution in [0.15, 0.2) is 12.7 Å². The molecule has 58 valence electrons. The Balaban J connectivity index is 0.000000605. The molecule has 0 fully saturated rings. The first-order chi connectivity index (χ1) is 4.88. The summed E-state index contributed by atoms with van der Waals surface area (Å²) in [4.78, 5) is 14.4. The Morgan fingerprint density at radius 1 is 1.27 bits per heavy atom. The summed E-state index contributed by atoms with van der Waals surface area (Å²) in [6.07, 6.45) is 2.92. The molecule has 0 spiro atoms. The van der Waals surface area contributed by atoms with E-state index >= 15 is 0 Å². The van der Waals surface area contributed by atoms with E-state index < -0.39 is 0 Å². The molecule has 6 N–H and O–H groups in total. The van der Waals surface area contributed by atoms with Gasteiger partial charge in [0.2, 0.25) is 0 Å². The van der Waals surface area contributed by atoms with E-state index in [-0.39, 0.29) is 6.15 Å². The van der Waals surface area contributed by atoms with Gasteiger partial charge in [0.05, 0.1) is 6.33 Å². The highest BCUT2D eigenvalue weighted by Crippen LogP contribution is 2.09. The smallest absolute Gasteiger partial charge is 0.182 e. The van der Waals surface area contributed by atoms with Crippen molar-refractivity contribution in [1.29, 1.82) is 0 Å². The molecule has 0 aliphatic carbocycles. The minimum atomic E-state index is 0. The van der Waals surface area contributed by atoms with E-state index in [2.05, 4.69) is 19.9 Å². The van der Waals surface area contributed by atoms with Crippen LogP contribution in [0.2, 0.25) is 0 Å². The number of aromatic nitrogens is 4. The summed E-state index contributed by atoms with van der Waals surface area (Å²) in [5.41, 5.74) is 6.78. The molecular formula is C5H8N6. The maximum atomic E-state index is 5.48. The molecule has 0 aliphatic rings. The van der Waals surface area contributed by atoms with Crippen molar-refractivity contribution in [2.45, 2.75) is 0 Å². The van der Waals surface area contributed by atoms with Gasteiger partial charge < -0.3 is 16.9 Å². The van der Waals surface area contributed by atoms with Crippen molar-refractivity contribution in [3.8, 4) is 0 Å². The molecule has 0 amide bonds. The molecule has 0 bridgehead atoms. The maximum absolute atomic E-state index is 5.48. The summed E-state index contributed by atoms with van der Waals surface area (Å²) < 4.78 is 0. The van der Waals surface area contributed by atoms with Crippen molar-refractivity contribution < 1.29 is 0 Å². The van der Waals surface area contributed by atoms with E-state index in [0.29, 0.717) is 17.0 Å². The SMILES string of the molecule is N.Nc1ncnc2nc[nH]c12. The van der Waals surface area contributed by atoms with Gasteiger partial charge in [-0.05, 0) is 0 Å². The van der Waals surface area contributed by atoms with Crippen LogP contribution in [0.5, 0.6) is 0 Å². The second-order valence-corrected chi connectivity index (χ2v) is 1.86. The predicted octanol–water partition coefficient (Wildman–Crippen LogP) is 0.0971. The fourth-order valence-corrected chi connectivity index (χ4v) is 0.784. The summed E-state index contributed by atoms with van der Waals surface area (Å²) in [6, 6.07) is 0. The van der Waals surface area contributed by atoms with Crippen LogP contribution in [0.4, 0.5) is 5.82 Å². The van der Waals surface area contributed by atoms with Gasteiger partial charge in [0.1, 0.15) is 11.8 Å². The number of hydrogen-bond acceptors (Lipinski definition) is 5. The van der Waals surface area contributed by atoms with Crippen molar-refractivity contribution in [1.82, 2.24) is 26.1 Å². The number of rotatable bonds is 0. The lowest BCUT2D eigenvalue weighted by Gasteiger charge is -1.89. The molecule has 2 rings (SSSR count). The third-order valence-electron chi connectivity index (χ3n) is 1.25. The van der Waals surface area contributed by atoms with E-state index in [1.807, 2.05) is 0 Å². The Morgan fingerprint density at radius 3 is 2.82 bits per heavy atom. The molecule has 2 heterocycles. The largest absolute Gasteiger partial charge is 0.382 e. The molecule has 6 nitrogen and oxygen atoms in total. The van der Waals surface area contributed by atoms with Gasteiger partial charge in [-0.2, -0.15) is 0 Å². The van der Waals surface area contributed by atoms with Gasteiger partial charge in [0.15, 0.2) is 11.5 Å². The lowest BCUT2D eigenvalue weighted by Crippen LogP contribution is -1.91. The molecule has 11 heavy (non-hydrogen) atoms. The van der Waals surface area contributed by atoms with Crippen LogP contribution in [-0.2, 0) is 0 Å². The summed E-state index contributed by atoms with van der Waals surface area (Å²) in [7, 11) is 0. The number of fused-ring (bicyclic) bond motifs is 1. The first-order valence-electron chi connectivity index (χ1n) is 2.77. The van der Waals surface area contributed by atoms with Crippen LogP contribution < -0.4 is 11.9 Å². The minimum Gasteiger partial charge on any atom is -0.382 e. The molecule has 6 heteroatoms. The van der Waals surface area contributed by atoms with Gasteiger partial charge in [0.25, 0.3) is 0 Å². The van der Waals surface area contributed by atoms with Crippen LogP contribution in [0.3, 0.4) is 0 Å². The highest BCUT2D eigenvalue weighted by molar-refractivity contribution is 5.80. The molecule has 0 unspecified atom stereocenters. The highest BCUT2D eigenvalue weighted by Gasteiger charge is 1.99. The van der Waals surface area contributed by atoms with Crippen LogP contribution in [0.1, 0.15) is 0 Å². The Kier molecular flexibility index (Phi) is 1.69. The summed E-state index contributed by atoms with van der Waals surface area (Å²) in [5.74, 6) is 0.433. The molecule has 0 saturated heterocycles. The molecule has 2 aromatic heterocycles. The average Bonchev–Trinajstić information content (AvgIpc) is 2.36. The zero-order valence-corrected chi connectivity index (χ0v) is 5.78. The highest BCUT2D eigenvalue weighted by atomic mass is 15.0. The summed E-state index contributed by atoms with van der Waals surface area (Å²) in [5, 5.41) is 0. The Bertz CT molecular complexity index is 353. The molecule has 0 radical (unpaired) electrons. The molecule has 0 saturated carbocycles. The number of nitrogen functional groups attached to an aromatic ring is 1. The van der Waals surface area contributed by atoms with Gasteiger partial charge in [-0.15, -0.1) is 0 Å². The maximum Gasteiger partial charge on any atom is 0.182 e. The molecule has 0 atom stereocenters. The molecule has 0 aromatic carbocycles. The van der Waals surface area contributed by atoms with Crippen molar-refractivity contribution in [3.63, 3.8) is 0 Å². The number of imidazole rings is 1. The van der Waals surface area contributed by atoms with Gasteiger partial charge in [0, 0.05) is 0 Å². The van der Waals surface area contributed by atoms with Crippen LogP contribution in [0, 0.1) is 0 Å². The van der Waals surface area contributed by atoms with Crippen LogP contribution in [-0.4, -0.2) is 19.9 Å². The van der Waals surface area contributed by atoms with E-state index in [9.17, 15) is 0 Å². The number of nitrogens with two attached hydrogens (primary N) is 1. The molecule has 0 aliphatic heterocycles. The second kappa shape index (κ2) is 2.51. The van der Waals surface area contributed by atoms with Crippen molar-refractivity contribution >= 4 is 17.0 Å². The van der Waals surface area contributed by atoms with Crippen LogP contribution >= 0.6 is 0 Å². The Labute approximate surface area is 62.5 Å². The third kappa shape index (κ3) is 0.987. The first-order valence-corrected chi connectivity index (χ1v) is 2.77. The number of nitrogens with zero attached hydrogens (tertiary/aromatic N) is 3. The van der Waals surface area contributed by atoms with E-state index in [4.69, 9.17) is 5.73 Å². The van der Waals surface area contributed by atoms with E-state index in [1.165, 1.54) is 12.7 Å². The van der Waals surface area contributed by atoms with Crippen molar-refractivity contribution in [2.75, 3.05) is 5.73 Å². The van der Waals surface area contributed by atoms with Gasteiger partial charge >= 0.3 is 0 Å². The number of aromatic amines is 1. The Hall–Kier alpha value is -1.69. The van der Waals surface area contributed by atoms with E-state index in [1.54, 1.807) is 0 Å². The zero-order chi connectivity index (χ0) is 6.97. The zero-order valence-electron chi connectivity index (χ0n) is 5.78. The monoisotopic (exact) mass is 152 g/mol. The number of hydrogen-bond donors (Lipinski definition) is 3. The predicted molar refractivity (Wildman–Crippen MR) is 41.1 cm³/mol. The number of anilines is 1. The lowest BCUT2D eigenvalue weighted by atomic mass is 10.5. The normalized spacial score (nSPS) is 9.45. The van der Waals surface area contributed by atoms with Crippen molar-refractivity contribution in [2.24, 2.45) is 0 Å². The average molecular weight is 152 g/mol. The minimum absolute atomic E-state index is 0. The quantitative estimate of drug-likeness (QED) is 0.495. The molecular weight excluding hydrogens is 144 g/mol. The standard InChI is InChI=1S/C5H5N5.H3N/c6-4-3-5(9-1-7-3)10-2-8-4;/h1-2H,(H3,6,7,8,9,10);1H3. The fourth-order valence-electron chi connectivity index (χ4n) is 0.784. The van der Waals surface area contributed by atoms with Crippen LogP contribution in [0.25, 0.3) is 11.2 Å². The van der Waals surface area contributed by atoms with Gasteiger partial charge in [-0.3, -0.25) is 0 Å². The Morgan fingerprint density at radius 2 is 2.09 bits per heavy atom. The first kappa shape index (κ1) is 7.42. The van der Waals surface area contributed by atoms with Crippen molar-refractivity contribution in [3.05, 3.63) is 12.7 Å². The van der Waals surface area contributed by atoms with E-state index in [0.717, 1.165) is 0 Å².